The summed E-state index contributed by atoms with van der Waals surface area (Å²) in [4.78, 5) is 40.6. The number of amides is 1. The minimum absolute atomic E-state index is 0.116. The highest BCUT2D eigenvalue weighted by Gasteiger charge is 2.21. The van der Waals surface area contributed by atoms with E-state index < -0.39 is 23.4 Å². The van der Waals surface area contributed by atoms with Gasteiger partial charge in [0, 0.05) is 29.9 Å². The van der Waals surface area contributed by atoms with Crippen LogP contribution in [0.3, 0.4) is 0 Å². The van der Waals surface area contributed by atoms with Crippen LogP contribution in [-0.2, 0) is 16.6 Å². The molecule has 1 amide bonds. The van der Waals surface area contributed by atoms with Crippen LogP contribution in [0.2, 0.25) is 0 Å². The molecular weight excluding hydrogens is 438 g/mol. The number of aromatic nitrogens is 3. The molecule has 4 aromatic rings. The number of fused-ring (bicyclic) bond motifs is 1. The SMILES string of the molecule is Cc1ccc(NC(=O)COC(=O)c2cc(-c3ccccc3)nc3c2c(C)nn3C)cc1[N+](=O)[O-]. The van der Waals surface area contributed by atoms with Crippen molar-refractivity contribution in [3.63, 3.8) is 0 Å². The maximum Gasteiger partial charge on any atom is 0.339 e. The maximum absolute atomic E-state index is 13.0. The fraction of sp³-hybridized carbons (Fsp3) is 0.167. The summed E-state index contributed by atoms with van der Waals surface area (Å²) in [6, 6.07) is 15.3. The highest BCUT2D eigenvalue weighted by atomic mass is 16.6. The number of ether oxygens (including phenoxy) is 1. The lowest BCUT2D eigenvalue weighted by atomic mass is 10.1. The fourth-order valence-electron chi connectivity index (χ4n) is 3.65. The number of nitro groups is 1. The molecule has 0 atom stereocenters. The minimum Gasteiger partial charge on any atom is -0.452 e. The van der Waals surface area contributed by atoms with Crippen molar-refractivity contribution in [1.29, 1.82) is 0 Å². The van der Waals surface area contributed by atoms with Crippen LogP contribution < -0.4 is 5.32 Å². The van der Waals surface area contributed by atoms with Crippen molar-refractivity contribution in [3.05, 3.63) is 81.5 Å². The lowest BCUT2D eigenvalue weighted by Gasteiger charge is -2.10. The predicted octanol–water partition coefficient (Wildman–Crippen LogP) is 3.96. The van der Waals surface area contributed by atoms with Gasteiger partial charge in [0.15, 0.2) is 12.3 Å². The number of hydrogen-bond donors (Lipinski definition) is 1. The number of nitrogens with one attached hydrogen (secondary N) is 1. The highest BCUT2D eigenvalue weighted by molar-refractivity contribution is 6.06. The molecule has 10 heteroatoms. The zero-order valence-electron chi connectivity index (χ0n) is 18.7. The van der Waals surface area contributed by atoms with Crippen molar-refractivity contribution in [1.82, 2.24) is 14.8 Å². The highest BCUT2D eigenvalue weighted by Crippen LogP contribution is 2.27. The van der Waals surface area contributed by atoms with Gasteiger partial charge < -0.3 is 10.1 Å². The quantitative estimate of drug-likeness (QED) is 0.262. The zero-order valence-corrected chi connectivity index (χ0v) is 18.7. The lowest BCUT2D eigenvalue weighted by Crippen LogP contribution is -2.21. The Bertz CT molecular complexity index is 1430. The lowest BCUT2D eigenvalue weighted by molar-refractivity contribution is -0.385. The van der Waals surface area contributed by atoms with Crippen molar-refractivity contribution < 1.29 is 19.2 Å². The third-order valence-corrected chi connectivity index (χ3v) is 5.28. The normalized spacial score (nSPS) is 10.8. The van der Waals surface area contributed by atoms with E-state index in [0.717, 1.165) is 5.56 Å². The second kappa shape index (κ2) is 9.10. The maximum atomic E-state index is 13.0. The largest absolute Gasteiger partial charge is 0.452 e. The first kappa shape index (κ1) is 22.6. The van der Waals surface area contributed by atoms with Crippen LogP contribution in [0.4, 0.5) is 11.4 Å². The number of nitrogens with zero attached hydrogens (tertiary/aromatic N) is 4. The molecule has 2 heterocycles. The number of nitro benzene ring substituents is 1. The van der Waals surface area contributed by atoms with E-state index in [0.29, 0.717) is 28.0 Å². The van der Waals surface area contributed by atoms with Crippen molar-refractivity contribution in [2.24, 2.45) is 7.05 Å². The summed E-state index contributed by atoms with van der Waals surface area (Å²) >= 11 is 0. The number of esters is 1. The number of rotatable bonds is 6. The topological polar surface area (TPSA) is 129 Å². The van der Waals surface area contributed by atoms with E-state index in [1.165, 1.54) is 12.1 Å². The summed E-state index contributed by atoms with van der Waals surface area (Å²) in [6.07, 6.45) is 0. The van der Waals surface area contributed by atoms with Gasteiger partial charge in [-0.05, 0) is 26.0 Å². The van der Waals surface area contributed by atoms with Crippen molar-refractivity contribution in [3.8, 4) is 11.3 Å². The van der Waals surface area contributed by atoms with Gasteiger partial charge in [-0.1, -0.05) is 36.4 Å². The van der Waals surface area contributed by atoms with E-state index in [4.69, 9.17) is 4.74 Å². The molecule has 0 saturated heterocycles. The number of hydrogen-bond acceptors (Lipinski definition) is 7. The molecule has 2 aromatic heterocycles. The van der Waals surface area contributed by atoms with E-state index in [1.54, 1.807) is 37.7 Å². The van der Waals surface area contributed by atoms with Crippen LogP contribution in [0.5, 0.6) is 0 Å². The molecule has 0 aliphatic heterocycles. The van der Waals surface area contributed by atoms with E-state index in [1.807, 2.05) is 30.3 Å². The number of benzene rings is 2. The third-order valence-electron chi connectivity index (χ3n) is 5.28. The average molecular weight is 459 g/mol. The van der Waals surface area contributed by atoms with E-state index in [-0.39, 0.29) is 16.9 Å². The van der Waals surface area contributed by atoms with Crippen LogP contribution in [0.25, 0.3) is 22.3 Å². The van der Waals surface area contributed by atoms with Gasteiger partial charge in [0.05, 0.1) is 27.3 Å². The molecule has 0 radical (unpaired) electrons. The number of aryl methyl sites for hydroxylation is 3. The number of carbonyl (C=O) groups excluding carboxylic acids is 2. The first-order chi connectivity index (χ1) is 16.2. The summed E-state index contributed by atoms with van der Waals surface area (Å²) < 4.78 is 6.87. The molecule has 0 spiro atoms. The molecule has 1 N–H and O–H groups in total. The van der Waals surface area contributed by atoms with E-state index >= 15 is 0 Å². The fourth-order valence-corrected chi connectivity index (χ4v) is 3.65. The molecule has 0 bridgehead atoms. The van der Waals surface area contributed by atoms with Crippen molar-refractivity contribution in [2.45, 2.75) is 13.8 Å². The van der Waals surface area contributed by atoms with Crippen LogP contribution in [0.1, 0.15) is 21.6 Å². The Hall–Kier alpha value is -4.60. The van der Waals surface area contributed by atoms with Crippen molar-refractivity contribution >= 4 is 34.3 Å². The summed E-state index contributed by atoms with van der Waals surface area (Å²) in [5.41, 5.74) is 3.34. The summed E-state index contributed by atoms with van der Waals surface area (Å²) in [5.74, 6) is -1.33. The Balaban J connectivity index is 1.57. The molecule has 172 valence electrons. The first-order valence-corrected chi connectivity index (χ1v) is 10.4. The Labute approximate surface area is 194 Å². The molecule has 2 aromatic carbocycles. The summed E-state index contributed by atoms with van der Waals surface area (Å²) in [5, 5.41) is 18.5. The Morgan fingerprint density at radius 2 is 1.85 bits per heavy atom. The Morgan fingerprint density at radius 1 is 1.12 bits per heavy atom. The van der Waals surface area contributed by atoms with Crippen molar-refractivity contribution in [2.75, 3.05) is 11.9 Å². The Morgan fingerprint density at radius 3 is 2.56 bits per heavy atom. The van der Waals surface area contributed by atoms with Gasteiger partial charge in [0.25, 0.3) is 11.6 Å². The number of carbonyl (C=O) groups is 2. The van der Waals surface area contributed by atoms with Gasteiger partial charge in [0.2, 0.25) is 0 Å². The van der Waals surface area contributed by atoms with E-state index in [9.17, 15) is 19.7 Å². The molecule has 0 fully saturated rings. The van der Waals surface area contributed by atoms with Crippen LogP contribution in [0, 0.1) is 24.0 Å². The monoisotopic (exact) mass is 459 g/mol. The van der Waals surface area contributed by atoms with Gasteiger partial charge in [-0.25, -0.2) is 9.78 Å². The molecule has 0 saturated carbocycles. The zero-order chi connectivity index (χ0) is 24.4. The second-order valence-corrected chi connectivity index (χ2v) is 7.71. The second-order valence-electron chi connectivity index (χ2n) is 7.71. The minimum atomic E-state index is -0.703. The summed E-state index contributed by atoms with van der Waals surface area (Å²) in [6.45, 7) is 2.80. The van der Waals surface area contributed by atoms with Crippen LogP contribution >= 0.6 is 0 Å². The molecule has 0 unspecified atom stereocenters. The van der Waals surface area contributed by atoms with Gasteiger partial charge in [-0.2, -0.15) is 5.10 Å². The van der Waals surface area contributed by atoms with Gasteiger partial charge in [0.1, 0.15) is 0 Å². The predicted molar refractivity (Wildman–Crippen MR) is 125 cm³/mol. The van der Waals surface area contributed by atoms with Gasteiger partial charge >= 0.3 is 5.97 Å². The van der Waals surface area contributed by atoms with Crippen LogP contribution in [0.15, 0.2) is 54.6 Å². The molecule has 10 nitrogen and oxygen atoms in total. The smallest absolute Gasteiger partial charge is 0.339 e. The van der Waals surface area contributed by atoms with E-state index in [2.05, 4.69) is 15.4 Å². The molecule has 4 rings (SSSR count). The standard InChI is InChI=1S/C24H21N5O5/c1-14-9-10-17(11-20(14)29(32)33)25-21(30)13-34-24(31)18-12-19(16-7-5-4-6-8-16)26-23-22(18)15(2)27-28(23)3/h4-12H,13H2,1-3H3,(H,25,30). The number of pyridine rings is 1. The Kier molecular flexibility index (Phi) is 6.05. The molecule has 0 aliphatic carbocycles. The first-order valence-electron chi connectivity index (χ1n) is 10.4. The third kappa shape index (κ3) is 4.46. The average Bonchev–Trinajstić information content (AvgIpc) is 3.11. The molecule has 0 aliphatic rings. The number of anilines is 1. The van der Waals surface area contributed by atoms with Gasteiger partial charge in [-0.3, -0.25) is 19.6 Å². The van der Waals surface area contributed by atoms with Crippen LogP contribution in [-0.4, -0.2) is 38.2 Å². The molecule has 34 heavy (non-hydrogen) atoms. The van der Waals surface area contributed by atoms with Gasteiger partial charge in [-0.15, -0.1) is 0 Å². The molecular formula is C24H21N5O5. The summed E-state index contributed by atoms with van der Waals surface area (Å²) in [7, 11) is 1.74.